The summed E-state index contributed by atoms with van der Waals surface area (Å²) in [5.41, 5.74) is 2.33. The lowest BCUT2D eigenvalue weighted by molar-refractivity contribution is 0.252. The van der Waals surface area contributed by atoms with E-state index < -0.39 is 5.92 Å². The molecule has 1 unspecified atom stereocenters. The Bertz CT molecular complexity index is 1050. The predicted molar refractivity (Wildman–Crippen MR) is 112 cm³/mol. The van der Waals surface area contributed by atoms with Crippen LogP contribution in [-0.2, 0) is 6.54 Å². The number of hydrogen-bond acceptors (Lipinski definition) is 7. The normalized spacial score (nSPS) is 12.0. The SMILES string of the molecule is CCNC(=O)Nc1ccc2ncc(C(C=N)C=NCc3cccc(O)c3)nc2n1. The Labute approximate surface area is 167 Å². The van der Waals surface area contributed by atoms with Crippen LogP contribution in [0.4, 0.5) is 10.6 Å². The zero-order valence-corrected chi connectivity index (χ0v) is 15.8. The van der Waals surface area contributed by atoms with Crippen LogP contribution in [0.3, 0.4) is 0 Å². The Kier molecular flexibility index (Phi) is 6.41. The van der Waals surface area contributed by atoms with Crippen molar-refractivity contribution in [3.63, 3.8) is 0 Å². The molecule has 1 atom stereocenters. The van der Waals surface area contributed by atoms with Crippen LogP contribution in [0, 0.1) is 5.41 Å². The number of benzene rings is 1. The van der Waals surface area contributed by atoms with Crippen LogP contribution in [0.1, 0.15) is 24.1 Å². The van der Waals surface area contributed by atoms with Gasteiger partial charge in [0.1, 0.15) is 17.1 Å². The van der Waals surface area contributed by atoms with Gasteiger partial charge in [0.15, 0.2) is 5.65 Å². The van der Waals surface area contributed by atoms with Crippen molar-refractivity contribution in [2.75, 3.05) is 11.9 Å². The fourth-order valence-corrected chi connectivity index (χ4v) is 2.59. The van der Waals surface area contributed by atoms with Crippen LogP contribution in [0.5, 0.6) is 5.75 Å². The van der Waals surface area contributed by atoms with E-state index in [-0.39, 0.29) is 11.8 Å². The summed E-state index contributed by atoms with van der Waals surface area (Å²) in [5, 5.41) is 22.5. The number of rotatable bonds is 7. The molecule has 0 aliphatic rings. The van der Waals surface area contributed by atoms with E-state index in [4.69, 9.17) is 5.41 Å². The highest BCUT2D eigenvalue weighted by Gasteiger charge is 2.11. The first kappa shape index (κ1) is 19.9. The number of phenolic OH excluding ortho intramolecular Hbond substituents is 1. The number of aromatic hydroxyl groups is 1. The van der Waals surface area contributed by atoms with Crippen molar-refractivity contribution in [1.82, 2.24) is 20.3 Å². The molecular weight excluding hydrogens is 370 g/mol. The number of amides is 2. The third-order valence-corrected chi connectivity index (χ3v) is 3.98. The van der Waals surface area contributed by atoms with Crippen LogP contribution < -0.4 is 10.6 Å². The molecule has 0 bridgehead atoms. The van der Waals surface area contributed by atoms with Crippen LogP contribution in [0.25, 0.3) is 11.2 Å². The molecule has 29 heavy (non-hydrogen) atoms. The number of anilines is 1. The van der Waals surface area contributed by atoms with Crippen LogP contribution in [0.2, 0.25) is 0 Å². The maximum Gasteiger partial charge on any atom is 0.320 e. The van der Waals surface area contributed by atoms with E-state index in [1.807, 2.05) is 13.0 Å². The Morgan fingerprint density at radius 1 is 1.31 bits per heavy atom. The molecule has 1 aromatic carbocycles. The fourth-order valence-electron chi connectivity index (χ4n) is 2.59. The molecular formula is C20H21N7O2. The van der Waals surface area contributed by atoms with Crippen molar-refractivity contribution in [2.45, 2.75) is 19.4 Å². The number of aliphatic imine (C=N–C) groups is 1. The molecule has 3 rings (SSSR count). The monoisotopic (exact) mass is 391 g/mol. The highest BCUT2D eigenvalue weighted by molar-refractivity contribution is 5.90. The number of nitrogens with zero attached hydrogens (tertiary/aromatic N) is 4. The zero-order valence-electron chi connectivity index (χ0n) is 15.8. The summed E-state index contributed by atoms with van der Waals surface area (Å²) in [7, 11) is 0. The first-order valence-electron chi connectivity index (χ1n) is 9.06. The Morgan fingerprint density at radius 2 is 2.17 bits per heavy atom. The molecule has 0 saturated heterocycles. The van der Waals surface area contributed by atoms with E-state index in [9.17, 15) is 9.90 Å². The van der Waals surface area contributed by atoms with E-state index in [1.165, 1.54) is 6.21 Å². The molecule has 2 heterocycles. The summed E-state index contributed by atoms with van der Waals surface area (Å²) in [6.45, 7) is 2.70. The van der Waals surface area contributed by atoms with Gasteiger partial charge in [-0.05, 0) is 36.8 Å². The van der Waals surface area contributed by atoms with Crippen LogP contribution >= 0.6 is 0 Å². The molecule has 0 aliphatic heterocycles. The van der Waals surface area contributed by atoms with Gasteiger partial charge < -0.3 is 15.8 Å². The van der Waals surface area contributed by atoms with Crippen molar-refractivity contribution in [3.05, 3.63) is 53.9 Å². The highest BCUT2D eigenvalue weighted by atomic mass is 16.3. The predicted octanol–water partition coefficient (Wildman–Crippen LogP) is 2.88. The van der Waals surface area contributed by atoms with E-state index in [0.717, 1.165) is 5.56 Å². The van der Waals surface area contributed by atoms with Crippen molar-refractivity contribution >= 4 is 35.4 Å². The van der Waals surface area contributed by atoms with E-state index in [1.54, 1.807) is 42.7 Å². The number of phenols is 1. The van der Waals surface area contributed by atoms with Gasteiger partial charge in [0.25, 0.3) is 0 Å². The van der Waals surface area contributed by atoms with Gasteiger partial charge in [-0.1, -0.05) is 12.1 Å². The van der Waals surface area contributed by atoms with Crippen molar-refractivity contribution in [3.8, 4) is 5.75 Å². The molecule has 2 amide bonds. The molecule has 0 aliphatic carbocycles. The number of pyridine rings is 1. The number of carbonyl (C=O) groups is 1. The fraction of sp³-hybridized carbons (Fsp3) is 0.200. The highest BCUT2D eigenvalue weighted by Crippen LogP contribution is 2.16. The summed E-state index contributed by atoms with van der Waals surface area (Å²) in [4.78, 5) is 29.1. The first-order valence-corrected chi connectivity index (χ1v) is 9.06. The number of nitrogens with one attached hydrogen (secondary N) is 3. The Hall–Kier alpha value is -3.88. The van der Waals surface area contributed by atoms with Gasteiger partial charge in [-0.15, -0.1) is 0 Å². The molecule has 0 spiro atoms. The topological polar surface area (TPSA) is 136 Å². The third-order valence-electron chi connectivity index (χ3n) is 3.98. The second kappa shape index (κ2) is 9.36. The number of fused-ring (bicyclic) bond motifs is 1. The molecule has 9 heteroatoms. The lowest BCUT2D eigenvalue weighted by Crippen LogP contribution is -2.28. The van der Waals surface area contributed by atoms with Crippen LogP contribution in [-0.4, -0.2) is 45.1 Å². The molecule has 0 saturated carbocycles. The standard InChI is InChI=1S/C20H21N7O2/c1-2-23-20(29)27-18-7-6-16-19(26-18)25-17(12-24-16)14(9-21)11-22-10-13-4-3-5-15(28)8-13/h3-9,11-12,14,21,28H,2,10H2,1H3,(H2,23,25,26,27,29). The summed E-state index contributed by atoms with van der Waals surface area (Å²) >= 11 is 0. The Balaban J connectivity index is 1.78. The van der Waals surface area contributed by atoms with Crippen molar-refractivity contribution in [1.29, 1.82) is 5.41 Å². The second-order valence-electron chi connectivity index (χ2n) is 6.17. The van der Waals surface area contributed by atoms with E-state index >= 15 is 0 Å². The van der Waals surface area contributed by atoms with Gasteiger partial charge in [-0.2, -0.15) is 0 Å². The average Bonchev–Trinajstić information content (AvgIpc) is 2.71. The third kappa shape index (κ3) is 5.32. The van der Waals surface area contributed by atoms with Crippen molar-refractivity contribution < 1.29 is 9.90 Å². The van der Waals surface area contributed by atoms with Gasteiger partial charge in [0.05, 0.1) is 24.4 Å². The molecule has 0 radical (unpaired) electrons. The molecule has 3 aromatic rings. The van der Waals surface area contributed by atoms with Gasteiger partial charge in [-0.3, -0.25) is 15.3 Å². The lowest BCUT2D eigenvalue weighted by Gasteiger charge is -2.08. The minimum Gasteiger partial charge on any atom is -0.508 e. The molecule has 4 N–H and O–H groups in total. The summed E-state index contributed by atoms with van der Waals surface area (Å²) in [6.07, 6.45) is 4.42. The average molecular weight is 391 g/mol. The number of hydrogen-bond donors (Lipinski definition) is 4. The lowest BCUT2D eigenvalue weighted by atomic mass is 10.1. The van der Waals surface area contributed by atoms with Gasteiger partial charge in [-0.25, -0.2) is 14.8 Å². The smallest absolute Gasteiger partial charge is 0.320 e. The zero-order chi connectivity index (χ0) is 20.6. The number of urea groups is 1. The minimum absolute atomic E-state index is 0.185. The quantitative estimate of drug-likeness (QED) is 0.459. The van der Waals surface area contributed by atoms with Gasteiger partial charge in [0, 0.05) is 19.0 Å². The first-order chi connectivity index (χ1) is 14.1. The number of carbonyl (C=O) groups excluding carboxylic acids is 1. The molecule has 0 fully saturated rings. The Morgan fingerprint density at radius 3 is 2.93 bits per heavy atom. The van der Waals surface area contributed by atoms with Crippen molar-refractivity contribution in [2.24, 2.45) is 4.99 Å². The summed E-state index contributed by atoms with van der Waals surface area (Å²) in [6, 6.07) is 9.87. The maximum absolute atomic E-state index is 11.7. The minimum atomic E-state index is -0.467. The molecule has 9 nitrogen and oxygen atoms in total. The maximum atomic E-state index is 11.7. The summed E-state index contributed by atoms with van der Waals surface area (Å²) in [5.74, 6) is 0.0784. The van der Waals surface area contributed by atoms with Gasteiger partial charge >= 0.3 is 6.03 Å². The second-order valence-corrected chi connectivity index (χ2v) is 6.17. The van der Waals surface area contributed by atoms with Crippen LogP contribution in [0.15, 0.2) is 47.6 Å². The van der Waals surface area contributed by atoms with Gasteiger partial charge in [0.2, 0.25) is 0 Å². The van der Waals surface area contributed by atoms with E-state index in [0.29, 0.717) is 35.8 Å². The van der Waals surface area contributed by atoms with E-state index in [2.05, 4.69) is 30.6 Å². The number of aromatic nitrogens is 3. The molecule has 2 aromatic heterocycles. The molecule has 148 valence electrons. The summed E-state index contributed by atoms with van der Waals surface area (Å²) < 4.78 is 0. The largest absolute Gasteiger partial charge is 0.508 e.